The molecule has 5 nitrogen and oxygen atoms in total. The maximum Gasteiger partial charge on any atom is 0.256 e. The fourth-order valence-electron chi connectivity index (χ4n) is 3.25. The molecule has 25 heavy (non-hydrogen) atoms. The number of H-pyrrole nitrogens is 1. The van der Waals surface area contributed by atoms with Gasteiger partial charge in [0.25, 0.3) is 5.56 Å². The Morgan fingerprint density at radius 2 is 2.04 bits per heavy atom. The number of carbonyl (C=O) groups is 1. The zero-order chi connectivity index (χ0) is 17.6. The molecule has 2 aromatic rings. The lowest BCUT2D eigenvalue weighted by atomic mass is 10.1. The Morgan fingerprint density at radius 3 is 2.80 bits per heavy atom. The van der Waals surface area contributed by atoms with Crippen LogP contribution in [0.15, 0.2) is 35.1 Å². The molecule has 0 radical (unpaired) electrons. The largest absolute Gasteiger partial charge is 0.338 e. The van der Waals surface area contributed by atoms with Crippen LogP contribution < -0.4 is 5.56 Å². The third-order valence-electron chi connectivity index (χ3n) is 4.68. The summed E-state index contributed by atoms with van der Waals surface area (Å²) in [6.07, 6.45) is 4.93. The van der Waals surface area contributed by atoms with Gasteiger partial charge in [-0.15, -0.1) is 0 Å². The second-order valence-corrected chi connectivity index (χ2v) is 6.62. The van der Waals surface area contributed by atoms with Gasteiger partial charge >= 0.3 is 0 Å². The Morgan fingerprint density at radius 1 is 1.24 bits per heavy atom. The first-order valence-electron chi connectivity index (χ1n) is 9.10. The standard InChI is InChI=1S/C20H25N3O2/c1-2-3-5-10-19(24)23-12-11-17-16(14-23)20(25)22-18(21-17)13-15-8-6-4-7-9-15/h4,6-9H,2-3,5,10-14H2,1H3,(H,21,22,25). The number of aromatic amines is 1. The first-order valence-corrected chi connectivity index (χ1v) is 9.10. The van der Waals surface area contributed by atoms with E-state index >= 15 is 0 Å². The molecule has 5 heteroatoms. The van der Waals surface area contributed by atoms with Crippen molar-refractivity contribution in [2.75, 3.05) is 6.54 Å². The first kappa shape index (κ1) is 17.4. The molecule has 0 spiro atoms. The van der Waals surface area contributed by atoms with Crippen molar-refractivity contribution in [2.45, 2.75) is 52.0 Å². The van der Waals surface area contributed by atoms with Crippen molar-refractivity contribution in [2.24, 2.45) is 0 Å². The lowest BCUT2D eigenvalue weighted by Crippen LogP contribution is -2.39. The number of nitrogens with one attached hydrogen (secondary N) is 1. The predicted octanol–water partition coefficient (Wildman–Crippen LogP) is 2.83. The molecule has 1 aliphatic rings. The van der Waals surface area contributed by atoms with Crippen LogP contribution in [0.4, 0.5) is 0 Å². The maximum atomic E-state index is 12.5. The summed E-state index contributed by atoms with van der Waals surface area (Å²) in [4.78, 5) is 34.1. The number of rotatable bonds is 6. The summed E-state index contributed by atoms with van der Waals surface area (Å²) in [6.45, 7) is 3.16. The summed E-state index contributed by atoms with van der Waals surface area (Å²) in [5.74, 6) is 0.838. The van der Waals surface area contributed by atoms with Gasteiger partial charge in [-0.2, -0.15) is 0 Å². The number of benzene rings is 1. The van der Waals surface area contributed by atoms with Crippen molar-refractivity contribution in [1.82, 2.24) is 14.9 Å². The lowest BCUT2D eigenvalue weighted by molar-refractivity contribution is -0.132. The molecule has 3 rings (SSSR count). The number of nitrogens with zero attached hydrogens (tertiary/aromatic N) is 2. The molecule has 2 heterocycles. The molecule has 1 aliphatic heterocycles. The molecule has 0 saturated heterocycles. The SMILES string of the molecule is CCCCCC(=O)N1CCc2nc(Cc3ccccc3)[nH]c(=O)c2C1. The molecule has 0 unspecified atom stereocenters. The molecule has 1 aromatic heterocycles. The first-order chi connectivity index (χ1) is 12.2. The Balaban J connectivity index is 1.71. The van der Waals surface area contributed by atoms with Gasteiger partial charge in [0.1, 0.15) is 5.82 Å². The Labute approximate surface area is 148 Å². The highest BCUT2D eigenvalue weighted by molar-refractivity contribution is 5.76. The van der Waals surface area contributed by atoms with Crippen molar-refractivity contribution in [1.29, 1.82) is 0 Å². The van der Waals surface area contributed by atoms with Gasteiger partial charge < -0.3 is 9.88 Å². The number of hydrogen-bond donors (Lipinski definition) is 1. The van der Waals surface area contributed by atoms with E-state index in [4.69, 9.17) is 0 Å². The van der Waals surface area contributed by atoms with Crippen LogP contribution in [-0.4, -0.2) is 27.3 Å². The minimum atomic E-state index is -0.109. The third-order valence-corrected chi connectivity index (χ3v) is 4.68. The smallest absolute Gasteiger partial charge is 0.256 e. The van der Waals surface area contributed by atoms with Gasteiger partial charge in [-0.3, -0.25) is 9.59 Å². The third kappa shape index (κ3) is 4.35. The van der Waals surface area contributed by atoms with Crippen molar-refractivity contribution in [3.8, 4) is 0 Å². The van der Waals surface area contributed by atoms with Gasteiger partial charge in [0.2, 0.25) is 5.91 Å². The molecule has 132 valence electrons. The second-order valence-electron chi connectivity index (χ2n) is 6.62. The van der Waals surface area contributed by atoms with Gasteiger partial charge in [-0.05, 0) is 12.0 Å². The van der Waals surface area contributed by atoms with Crippen LogP contribution in [0, 0.1) is 0 Å². The minimum absolute atomic E-state index is 0.109. The summed E-state index contributed by atoms with van der Waals surface area (Å²) in [7, 11) is 0. The van der Waals surface area contributed by atoms with E-state index in [-0.39, 0.29) is 11.5 Å². The van der Waals surface area contributed by atoms with Gasteiger partial charge in [0, 0.05) is 25.8 Å². The topological polar surface area (TPSA) is 66.1 Å². The van der Waals surface area contributed by atoms with Gasteiger partial charge in [0.05, 0.1) is 17.8 Å². The Hall–Kier alpha value is -2.43. The van der Waals surface area contributed by atoms with Crippen LogP contribution in [0.2, 0.25) is 0 Å². The monoisotopic (exact) mass is 339 g/mol. The summed E-state index contributed by atoms with van der Waals surface area (Å²) in [6, 6.07) is 9.98. The normalized spacial score (nSPS) is 13.6. The van der Waals surface area contributed by atoms with Crippen molar-refractivity contribution in [3.05, 3.63) is 63.3 Å². The van der Waals surface area contributed by atoms with E-state index in [1.54, 1.807) is 4.90 Å². The maximum absolute atomic E-state index is 12.5. The van der Waals surface area contributed by atoms with Gasteiger partial charge in [-0.25, -0.2) is 4.98 Å². The number of carbonyl (C=O) groups excluding carboxylic acids is 1. The lowest BCUT2D eigenvalue weighted by Gasteiger charge is -2.28. The molecule has 0 fully saturated rings. The summed E-state index contributed by atoms with van der Waals surface area (Å²) in [5, 5.41) is 0. The highest BCUT2D eigenvalue weighted by atomic mass is 16.2. The molecular formula is C20H25N3O2. The van der Waals surface area contributed by atoms with Gasteiger partial charge in [-0.1, -0.05) is 50.1 Å². The van der Waals surface area contributed by atoms with E-state index in [1.165, 1.54) is 0 Å². The molecule has 1 N–H and O–H groups in total. The molecule has 0 bridgehead atoms. The highest BCUT2D eigenvalue weighted by Crippen LogP contribution is 2.16. The molecule has 0 aliphatic carbocycles. The van der Waals surface area contributed by atoms with Crippen LogP contribution in [0.5, 0.6) is 0 Å². The van der Waals surface area contributed by atoms with Crippen LogP contribution in [-0.2, 0) is 24.2 Å². The summed E-state index contributed by atoms with van der Waals surface area (Å²) in [5.41, 5.74) is 2.50. The van der Waals surface area contributed by atoms with Gasteiger partial charge in [0.15, 0.2) is 0 Å². The molecular weight excluding hydrogens is 314 g/mol. The number of unbranched alkanes of at least 4 members (excludes halogenated alkanes) is 2. The van der Waals surface area contributed by atoms with E-state index in [1.807, 2.05) is 30.3 Å². The zero-order valence-corrected chi connectivity index (χ0v) is 14.8. The molecule has 1 amide bonds. The van der Waals surface area contributed by atoms with Crippen molar-refractivity contribution < 1.29 is 4.79 Å². The van der Waals surface area contributed by atoms with Crippen LogP contribution in [0.1, 0.15) is 55.3 Å². The zero-order valence-electron chi connectivity index (χ0n) is 14.8. The Bertz CT molecular complexity index is 783. The number of aromatic nitrogens is 2. The number of amides is 1. The summed E-state index contributed by atoms with van der Waals surface area (Å²) < 4.78 is 0. The fraction of sp³-hybridized carbons (Fsp3) is 0.450. The quantitative estimate of drug-likeness (QED) is 0.823. The molecule has 0 atom stereocenters. The fourth-order valence-corrected chi connectivity index (χ4v) is 3.25. The van der Waals surface area contributed by atoms with Crippen molar-refractivity contribution >= 4 is 5.91 Å². The van der Waals surface area contributed by atoms with Crippen LogP contribution in [0.25, 0.3) is 0 Å². The van der Waals surface area contributed by atoms with Crippen molar-refractivity contribution in [3.63, 3.8) is 0 Å². The summed E-state index contributed by atoms with van der Waals surface area (Å²) >= 11 is 0. The average Bonchev–Trinajstić information content (AvgIpc) is 2.62. The molecule has 1 aromatic carbocycles. The van der Waals surface area contributed by atoms with E-state index in [0.29, 0.717) is 43.7 Å². The minimum Gasteiger partial charge on any atom is -0.338 e. The average molecular weight is 339 g/mol. The van der Waals surface area contributed by atoms with Crippen LogP contribution in [0.3, 0.4) is 0 Å². The predicted molar refractivity (Wildman–Crippen MR) is 97.4 cm³/mol. The Kier molecular flexibility index (Phi) is 5.64. The van der Waals surface area contributed by atoms with Crippen LogP contribution >= 0.6 is 0 Å². The number of hydrogen-bond acceptors (Lipinski definition) is 3. The van der Waals surface area contributed by atoms with E-state index < -0.39 is 0 Å². The van der Waals surface area contributed by atoms with E-state index in [9.17, 15) is 9.59 Å². The second kappa shape index (κ2) is 8.10. The number of fused-ring (bicyclic) bond motifs is 1. The highest BCUT2D eigenvalue weighted by Gasteiger charge is 2.24. The van der Waals surface area contributed by atoms with E-state index in [0.717, 1.165) is 30.5 Å². The van der Waals surface area contributed by atoms with E-state index in [2.05, 4.69) is 16.9 Å². The molecule has 0 saturated carbocycles.